The van der Waals surface area contributed by atoms with Gasteiger partial charge in [-0.2, -0.15) is 13.2 Å². The molecule has 1 aliphatic rings. The molecule has 0 saturated carbocycles. The Kier molecular flexibility index (Phi) is 5.12. The molecule has 29 heavy (non-hydrogen) atoms. The molecule has 3 aromatic carbocycles. The largest absolute Gasteiger partial charge is 0.457 e. The molecular weight excluding hydrogens is 383 g/mol. The standard InChI is InChI=1S/C22H16F3NO3/c23-22(24,25)16-5-4-8-19(13-16)28-21-14-20(29-26-21)15-9-11-18(12-10-15)27-17-6-2-1-3-7-17/h1-13,20H,14H2/t20-/m0/s1. The molecule has 4 rings (SSSR count). The van der Waals surface area contributed by atoms with Crippen LogP contribution in [-0.2, 0) is 11.0 Å². The van der Waals surface area contributed by atoms with Crippen LogP contribution >= 0.6 is 0 Å². The van der Waals surface area contributed by atoms with Crippen LogP contribution in [0.1, 0.15) is 23.7 Å². The monoisotopic (exact) mass is 399 g/mol. The number of para-hydroxylation sites is 1. The van der Waals surface area contributed by atoms with Gasteiger partial charge in [-0.1, -0.05) is 41.6 Å². The lowest BCUT2D eigenvalue weighted by Crippen LogP contribution is -2.09. The summed E-state index contributed by atoms with van der Waals surface area (Å²) >= 11 is 0. The molecule has 0 N–H and O–H groups in total. The van der Waals surface area contributed by atoms with Crippen LogP contribution in [0, 0.1) is 0 Å². The van der Waals surface area contributed by atoms with Gasteiger partial charge in [0.25, 0.3) is 0 Å². The summed E-state index contributed by atoms with van der Waals surface area (Å²) in [5.74, 6) is 1.70. The molecule has 1 heterocycles. The summed E-state index contributed by atoms with van der Waals surface area (Å²) < 4.78 is 49.7. The third-order valence-electron chi connectivity index (χ3n) is 4.27. The van der Waals surface area contributed by atoms with E-state index in [2.05, 4.69) is 5.16 Å². The molecule has 0 unspecified atom stereocenters. The molecule has 0 bridgehead atoms. The maximum absolute atomic E-state index is 12.8. The zero-order chi connectivity index (χ0) is 20.3. The molecule has 0 fully saturated rings. The fourth-order valence-corrected chi connectivity index (χ4v) is 2.84. The van der Waals surface area contributed by atoms with Crippen molar-refractivity contribution < 1.29 is 27.5 Å². The fourth-order valence-electron chi connectivity index (χ4n) is 2.84. The molecule has 0 amide bonds. The van der Waals surface area contributed by atoms with E-state index in [-0.39, 0.29) is 17.8 Å². The van der Waals surface area contributed by atoms with E-state index in [0.29, 0.717) is 12.2 Å². The molecule has 1 aliphatic heterocycles. The SMILES string of the molecule is FC(F)(F)c1cccc(OC2=NO[C@H](c3ccc(Oc4ccccc4)cc3)C2)c1. The first-order valence-corrected chi connectivity index (χ1v) is 8.88. The summed E-state index contributed by atoms with van der Waals surface area (Å²) in [5.41, 5.74) is 0.0804. The van der Waals surface area contributed by atoms with Crippen molar-refractivity contribution in [2.45, 2.75) is 18.7 Å². The van der Waals surface area contributed by atoms with Crippen molar-refractivity contribution in [3.8, 4) is 17.2 Å². The maximum Gasteiger partial charge on any atom is 0.416 e. The Balaban J connectivity index is 1.37. The highest BCUT2D eigenvalue weighted by Gasteiger charge is 2.31. The first-order valence-electron chi connectivity index (χ1n) is 8.88. The predicted molar refractivity (Wildman–Crippen MR) is 101 cm³/mol. The molecule has 4 nitrogen and oxygen atoms in total. The highest BCUT2D eigenvalue weighted by molar-refractivity contribution is 5.79. The van der Waals surface area contributed by atoms with E-state index in [1.54, 1.807) is 0 Å². The number of nitrogens with zero attached hydrogens (tertiary/aromatic N) is 1. The van der Waals surface area contributed by atoms with Crippen LogP contribution in [0.2, 0.25) is 0 Å². The summed E-state index contributed by atoms with van der Waals surface area (Å²) in [6, 6.07) is 21.4. The first-order chi connectivity index (χ1) is 14.0. The molecule has 0 saturated heterocycles. The van der Waals surface area contributed by atoms with E-state index in [1.807, 2.05) is 54.6 Å². The number of rotatable bonds is 4. The van der Waals surface area contributed by atoms with Crippen molar-refractivity contribution in [2.75, 3.05) is 0 Å². The average molecular weight is 399 g/mol. The van der Waals surface area contributed by atoms with Crippen LogP contribution in [0.4, 0.5) is 13.2 Å². The van der Waals surface area contributed by atoms with Crippen molar-refractivity contribution in [2.24, 2.45) is 5.16 Å². The third kappa shape index (κ3) is 4.68. The van der Waals surface area contributed by atoms with Gasteiger partial charge >= 0.3 is 6.18 Å². The molecule has 0 aromatic heterocycles. The quantitative estimate of drug-likeness (QED) is 0.513. The Morgan fingerprint density at radius 2 is 1.48 bits per heavy atom. The highest BCUT2D eigenvalue weighted by atomic mass is 19.4. The second kappa shape index (κ2) is 7.87. The molecule has 148 valence electrons. The van der Waals surface area contributed by atoms with Crippen molar-refractivity contribution in [1.29, 1.82) is 0 Å². The number of ether oxygens (including phenoxy) is 2. The van der Waals surface area contributed by atoms with Gasteiger partial charge in [0, 0.05) is 0 Å². The Morgan fingerprint density at radius 3 is 2.21 bits per heavy atom. The molecule has 7 heteroatoms. The Labute approximate surface area is 165 Å². The molecular formula is C22H16F3NO3. The van der Waals surface area contributed by atoms with Crippen LogP contribution < -0.4 is 9.47 Å². The van der Waals surface area contributed by atoms with Crippen molar-refractivity contribution in [1.82, 2.24) is 0 Å². The van der Waals surface area contributed by atoms with Crippen LogP contribution in [-0.4, -0.2) is 5.90 Å². The van der Waals surface area contributed by atoms with E-state index >= 15 is 0 Å². The van der Waals surface area contributed by atoms with E-state index in [9.17, 15) is 13.2 Å². The summed E-state index contributed by atoms with van der Waals surface area (Å²) in [4.78, 5) is 5.38. The van der Waals surface area contributed by atoms with E-state index in [0.717, 1.165) is 23.4 Å². The topological polar surface area (TPSA) is 40.0 Å². The first kappa shape index (κ1) is 18.9. The Morgan fingerprint density at radius 1 is 0.793 bits per heavy atom. The van der Waals surface area contributed by atoms with Crippen LogP contribution in [0.3, 0.4) is 0 Å². The molecule has 0 spiro atoms. The van der Waals surface area contributed by atoms with Gasteiger partial charge in [-0.3, -0.25) is 0 Å². The van der Waals surface area contributed by atoms with Crippen LogP contribution in [0.5, 0.6) is 17.2 Å². The molecule has 1 atom stereocenters. The summed E-state index contributed by atoms with van der Waals surface area (Å²) in [6.45, 7) is 0. The summed E-state index contributed by atoms with van der Waals surface area (Å²) in [7, 11) is 0. The van der Waals surface area contributed by atoms with Gasteiger partial charge in [-0.25, -0.2) is 0 Å². The van der Waals surface area contributed by atoms with Crippen molar-refractivity contribution in [3.05, 3.63) is 90.0 Å². The normalized spacial score (nSPS) is 16.1. The molecule has 3 aromatic rings. The van der Waals surface area contributed by atoms with Gasteiger partial charge < -0.3 is 14.3 Å². The maximum atomic E-state index is 12.8. The van der Waals surface area contributed by atoms with E-state index in [4.69, 9.17) is 14.3 Å². The van der Waals surface area contributed by atoms with E-state index < -0.39 is 11.7 Å². The number of alkyl halides is 3. The third-order valence-corrected chi connectivity index (χ3v) is 4.27. The minimum atomic E-state index is -4.43. The minimum Gasteiger partial charge on any atom is -0.457 e. The lowest BCUT2D eigenvalue weighted by Gasteiger charge is -2.11. The number of oxime groups is 1. The van der Waals surface area contributed by atoms with Gasteiger partial charge in [-0.15, -0.1) is 0 Å². The van der Waals surface area contributed by atoms with Gasteiger partial charge in [-0.05, 0) is 48.0 Å². The lowest BCUT2D eigenvalue weighted by atomic mass is 10.1. The number of hydrogen-bond donors (Lipinski definition) is 0. The minimum absolute atomic E-state index is 0.0643. The number of halogens is 3. The van der Waals surface area contributed by atoms with Gasteiger partial charge in [0.1, 0.15) is 17.2 Å². The Bertz CT molecular complexity index is 1000. The zero-order valence-corrected chi connectivity index (χ0v) is 15.1. The molecule has 0 radical (unpaired) electrons. The second-order valence-electron chi connectivity index (χ2n) is 6.40. The number of benzene rings is 3. The summed E-state index contributed by atoms with van der Waals surface area (Å²) in [5, 5.41) is 3.85. The predicted octanol–water partition coefficient (Wildman–Crippen LogP) is 6.35. The average Bonchev–Trinajstić information content (AvgIpc) is 3.17. The number of hydrogen-bond acceptors (Lipinski definition) is 4. The van der Waals surface area contributed by atoms with Crippen LogP contribution in [0.15, 0.2) is 84.0 Å². The Hall–Kier alpha value is -3.48. The zero-order valence-electron chi connectivity index (χ0n) is 15.1. The van der Waals surface area contributed by atoms with E-state index in [1.165, 1.54) is 12.1 Å². The van der Waals surface area contributed by atoms with Crippen molar-refractivity contribution >= 4 is 5.90 Å². The lowest BCUT2D eigenvalue weighted by molar-refractivity contribution is -0.137. The van der Waals surface area contributed by atoms with Gasteiger partial charge in [0.2, 0.25) is 5.90 Å². The van der Waals surface area contributed by atoms with Gasteiger partial charge in [0.05, 0.1) is 12.0 Å². The second-order valence-corrected chi connectivity index (χ2v) is 6.40. The van der Waals surface area contributed by atoms with Crippen LogP contribution in [0.25, 0.3) is 0 Å². The smallest absolute Gasteiger partial charge is 0.416 e. The summed E-state index contributed by atoms with van der Waals surface area (Å²) in [6.07, 6.45) is -4.49. The molecule has 0 aliphatic carbocycles. The van der Waals surface area contributed by atoms with Crippen molar-refractivity contribution in [3.63, 3.8) is 0 Å². The van der Waals surface area contributed by atoms with Gasteiger partial charge in [0.15, 0.2) is 6.10 Å². The fraction of sp³-hybridized carbons (Fsp3) is 0.136. The highest BCUT2D eigenvalue weighted by Crippen LogP contribution is 2.33.